The summed E-state index contributed by atoms with van der Waals surface area (Å²) in [5.74, 6) is 0.154. The van der Waals surface area contributed by atoms with Crippen LogP contribution in [0, 0.1) is 11.3 Å². The van der Waals surface area contributed by atoms with Gasteiger partial charge in [0.05, 0.1) is 6.61 Å². The molecular weight excluding hydrogens is 176 g/mol. The van der Waals surface area contributed by atoms with Gasteiger partial charge in [-0.05, 0) is 19.8 Å². The number of hydrogen-bond acceptors (Lipinski definition) is 2. The summed E-state index contributed by atoms with van der Waals surface area (Å²) in [6.07, 6.45) is 8.90. The summed E-state index contributed by atoms with van der Waals surface area (Å²) in [7, 11) is 0. The highest BCUT2D eigenvalue weighted by molar-refractivity contribution is 5.61. The van der Waals surface area contributed by atoms with E-state index in [0.29, 0.717) is 0 Å². The van der Waals surface area contributed by atoms with Crippen LogP contribution in [-0.2, 0) is 4.79 Å². The number of rotatable bonds is 3. The summed E-state index contributed by atoms with van der Waals surface area (Å²) in [5, 5.41) is 8.82. The monoisotopic (exact) mass is 194 g/mol. The van der Waals surface area contributed by atoms with E-state index in [1.54, 1.807) is 6.08 Å². The van der Waals surface area contributed by atoms with E-state index in [9.17, 15) is 4.79 Å². The molecule has 14 heavy (non-hydrogen) atoms. The lowest BCUT2D eigenvalue weighted by molar-refractivity contribution is -0.117. The molecule has 1 rings (SSSR count). The second-order valence-corrected chi connectivity index (χ2v) is 4.20. The van der Waals surface area contributed by atoms with Crippen molar-refractivity contribution in [3.05, 3.63) is 23.8 Å². The predicted octanol–water partition coefficient (Wildman–Crippen LogP) is 2.10. The number of aliphatic hydroxyl groups excluding tert-OH is 1. The Morgan fingerprint density at radius 1 is 1.71 bits per heavy atom. The van der Waals surface area contributed by atoms with Crippen LogP contribution < -0.4 is 0 Å². The quantitative estimate of drug-likeness (QED) is 0.552. The van der Waals surface area contributed by atoms with Crippen LogP contribution >= 0.6 is 0 Å². The van der Waals surface area contributed by atoms with E-state index in [-0.39, 0.29) is 17.9 Å². The van der Waals surface area contributed by atoms with Crippen molar-refractivity contribution in [2.45, 2.75) is 26.7 Å². The van der Waals surface area contributed by atoms with Crippen molar-refractivity contribution in [3.63, 3.8) is 0 Å². The average Bonchev–Trinajstić information content (AvgIpc) is 2.19. The third-order valence-electron chi connectivity index (χ3n) is 3.06. The zero-order chi connectivity index (χ0) is 10.6. The van der Waals surface area contributed by atoms with E-state index in [0.717, 1.165) is 24.7 Å². The summed E-state index contributed by atoms with van der Waals surface area (Å²) in [6, 6.07) is 0. The Morgan fingerprint density at radius 2 is 2.43 bits per heavy atom. The Balaban J connectivity index is 2.93. The molecule has 2 nitrogen and oxygen atoms in total. The summed E-state index contributed by atoms with van der Waals surface area (Å²) in [6.45, 7) is 4.01. The van der Waals surface area contributed by atoms with Gasteiger partial charge in [0.15, 0.2) is 0 Å². The Kier molecular flexibility index (Phi) is 3.64. The molecule has 0 aromatic rings. The van der Waals surface area contributed by atoms with Gasteiger partial charge in [-0.3, -0.25) is 0 Å². The second kappa shape index (κ2) is 4.56. The van der Waals surface area contributed by atoms with Gasteiger partial charge in [0.25, 0.3) is 0 Å². The molecule has 2 unspecified atom stereocenters. The zero-order valence-corrected chi connectivity index (χ0v) is 8.86. The molecule has 1 aliphatic carbocycles. The topological polar surface area (TPSA) is 37.3 Å². The molecule has 2 heteroatoms. The first kappa shape index (κ1) is 11.2. The number of hydrogen-bond donors (Lipinski definition) is 1. The Hall–Kier alpha value is -0.890. The fraction of sp³-hybridized carbons (Fsp3) is 0.583. The smallest absolute Gasteiger partial charge is 0.126 e. The van der Waals surface area contributed by atoms with Crippen molar-refractivity contribution >= 4 is 6.29 Å². The van der Waals surface area contributed by atoms with E-state index in [2.05, 4.69) is 12.2 Å². The van der Waals surface area contributed by atoms with E-state index in [4.69, 9.17) is 5.11 Å². The first-order valence-corrected chi connectivity index (χ1v) is 5.04. The van der Waals surface area contributed by atoms with Gasteiger partial charge in [-0.1, -0.05) is 30.7 Å². The first-order chi connectivity index (χ1) is 6.64. The Bertz CT molecular complexity index is 265. The number of carbonyl (C=O) groups is 1. The van der Waals surface area contributed by atoms with Crippen molar-refractivity contribution in [1.82, 2.24) is 0 Å². The maximum absolute atomic E-state index is 11.1. The standard InChI is InChI=1S/C12H18O2/c1-10(6-8-13)11-5-3-4-7-12(11,2)9-14/h3,5-6,9,11,13H,4,7-8H2,1-2H3/b10-6-. The van der Waals surface area contributed by atoms with Crippen LogP contribution in [0.4, 0.5) is 0 Å². The summed E-state index contributed by atoms with van der Waals surface area (Å²) in [4.78, 5) is 11.1. The van der Waals surface area contributed by atoms with Gasteiger partial charge < -0.3 is 9.90 Å². The maximum Gasteiger partial charge on any atom is 0.126 e. The molecule has 0 aliphatic heterocycles. The second-order valence-electron chi connectivity index (χ2n) is 4.20. The van der Waals surface area contributed by atoms with E-state index >= 15 is 0 Å². The third kappa shape index (κ3) is 2.13. The minimum Gasteiger partial charge on any atom is -0.392 e. The Labute approximate surface area is 85.3 Å². The van der Waals surface area contributed by atoms with Gasteiger partial charge in [0, 0.05) is 11.3 Å². The lowest BCUT2D eigenvalue weighted by atomic mass is 9.69. The molecule has 0 heterocycles. The van der Waals surface area contributed by atoms with Crippen LogP contribution in [0.2, 0.25) is 0 Å². The van der Waals surface area contributed by atoms with Crippen LogP contribution in [0.15, 0.2) is 23.8 Å². The van der Waals surface area contributed by atoms with Crippen LogP contribution in [0.5, 0.6) is 0 Å². The van der Waals surface area contributed by atoms with Gasteiger partial charge in [-0.2, -0.15) is 0 Å². The molecule has 0 spiro atoms. The third-order valence-corrected chi connectivity index (χ3v) is 3.06. The molecule has 0 radical (unpaired) electrons. The first-order valence-electron chi connectivity index (χ1n) is 5.04. The summed E-state index contributed by atoms with van der Waals surface area (Å²) >= 11 is 0. The van der Waals surface area contributed by atoms with Crippen molar-refractivity contribution < 1.29 is 9.90 Å². The zero-order valence-electron chi connectivity index (χ0n) is 8.86. The molecule has 0 bridgehead atoms. The van der Waals surface area contributed by atoms with Crippen molar-refractivity contribution in [2.75, 3.05) is 6.61 Å². The van der Waals surface area contributed by atoms with Crippen LogP contribution in [0.3, 0.4) is 0 Å². The van der Waals surface area contributed by atoms with Crippen LogP contribution in [0.1, 0.15) is 26.7 Å². The molecule has 2 atom stereocenters. The van der Waals surface area contributed by atoms with Crippen LogP contribution in [0.25, 0.3) is 0 Å². The minimum atomic E-state index is -0.287. The molecule has 78 valence electrons. The number of aldehydes is 1. The predicted molar refractivity (Wildman–Crippen MR) is 56.9 cm³/mol. The molecule has 0 fully saturated rings. The van der Waals surface area contributed by atoms with E-state index in [1.807, 2.05) is 13.8 Å². The molecule has 0 aromatic heterocycles. The van der Waals surface area contributed by atoms with Gasteiger partial charge in [-0.15, -0.1) is 0 Å². The normalized spacial score (nSPS) is 33.1. The van der Waals surface area contributed by atoms with Crippen molar-refractivity contribution in [1.29, 1.82) is 0 Å². The molecular formula is C12H18O2. The summed E-state index contributed by atoms with van der Waals surface area (Å²) in [5.41, 5.74) is 0.794. The van der Waals surface area contributed by atoms with Gasteiger partial charge in [0.1, 0.15) is 6.29 Å². The fourth-order valence-electron chi connectivity index (χ4n) is 2.08. The minimum absolute atomic E-state index is 0.0467. The van der Waals surface area contributed by atoms with Crippen molar-refractivity contribution in [3.8, 4) is 0 Å². The molecule has 0 saturated carbocycles. The van der Waals surface area contributed by atoms with E-state index in [1.165, 1.54) is 0 Å². The average molecular weight is 194 g/mol. The lowest BCUT2D eigenvalue weighted by Gasteiger charge is -2.34. The fourth-order valence-corrected chi connectivity index (χ4v) is 2.08. The van der Waals surface area contributed by atoms with Gasteiger partial charge >= 0.3 is 0 Å². The van der Waals surface area contributed by atoms with E-state index < -0.39 is 0 Å². The highest BCUT2D eigenvalue weighted by Crippen LogP contribution is 2.39. The molecule has 0 aromatic carbocycles. The Morgan fingerprint density at radius 3 is 3.00 bits per heavy atom. The molecule has 0 saturated heterocycles. The summed E-state index contributed by atoms with van der Waals surface area (Å²) < 4.78 is 0. The SMILES string of the molecule is C/C(=C/CO)C1C=CCCC1(C)C=O. The number of carbonyl (C=O) groups excluding carboxylic acids is 1. The largest absolute Gasteiger partial charge is 0.392 e. The van der Waals surface area contributed by atoms with Crippen molar-refractivity contribution in [2.24, 2.45) is 11.3 Å². The molecule has 0 amide bonds. The highest BCUT2D eigenvalue weighted by Gasteiger charge is 2.34. The maximum atomic E-state index is 11.1. The molecule has 1 N–H and O–H groups in total. The lowest BCUT2D eigenvalue weighted by Crippen LogP contribution is -2.30. The van der Waals surface area contributed by atoms with Gasteiger partial charge in [-0.25, -0.2) is 0 Å². The van der Waals surface area contributed by atoms with Gasteiger partial charge in [0.2, 0.25) is 0 Å². The number of aliphatic hydroxyl groups is 1. The highest BCUT2D eigenvalue weighted by atomic mass is 16.2. The molecule has 1 aliphatic rings. The van der Waals surface area contributed by atoms with Crippen LogP contribution in [-0.4, -0.2) is 18.0 Å². The number of allylic oxidation sites excluding steroid dienone is 3.